The summed E-state index contributed by atoms with van der Waals surface area (Å²) in [7, 11) is 0. The number of nitriles is 1. The van der Waals surface area contributed by atoms with Crippen LogP contribution in [0.25, 0.3) is 0 Å². The summed E-state index contributed by atoms with van der Waals surface area (Å²) < 4.78 is 2.13. The predicted molar refractivity (Wildman–Crippen MR) is 58.6 cm³/mol. The number of nitrogens with zero attached hydrogens (tertiary/aromatic N) is 1. The Morgan fingerprint density at radius 3 is 2.79 bits per heavy atom. The third kappa shape index (κ3) is 1.79. The van der Waals surface area contributed by atoms with Crippen molar-refractivity contribution in [2.45, 2.75) is 24.0 Å². The Labute approximate surface area is 90.8 Å². The van der Waals surface area contributed by atoms with E-state index < -0.39 is 0 Å². The molecule has 1 aliphatic carbocycles. The zero-order valence-corrected chi connectivity index (χ0v) is 9.78. The van der Waals surface area contributed by atoms with E-state index >= 15 is 0 Å². The van der Waals surface area contributed by atoms with Gasteiger partial charge in [0.2, 0.25) is 0 Å². The number of para-hydroxylation sites is 1. The number of nitrogens with two attached hydrogens (primary N) is 1. The molecule has 0 unspecified atom stereocenters. The molecule has 2 rings (SSSR count). The van der Waals surface area contributed by atoms with Crippen molar-refractivity contribution in [1.29, 1.82) is 5.26 Å². The van der Waals surface area contributed by atoms with Crippen LogP contribution in [0.15, 0.2) is 18.2 Å². The summed E-state index contributed by atoms with van der Waals surface area (Å²) in [6.45, 7) is 0. The van der Waals surface area contributed by atoms with Crippen molar-refractivity contribution >= 4 is 25.8 Å². The maximum atomic E-state index is 8.83. The van der Waals surface area contributed by atoms with E-state index in [0.717, 1.165) is 10.4 Å². The van der Waals surface area contributed by atoms with Crippen molar-refractivity contribution in [3.05, 3.63) is 23.8 Å². The van der Waals surface area contributed by atoms with Gasteiger partial charge in [0.15, 0.2) is 0 Å². The summed E-state index contributed by atoms with van der Waals surface area (Å²) in [6, 6.07) is 7.95. The number of benzene rings is 1. The van der Waals surface area contributed by atoms with E-state index in [4.69, 9.17) is 11.0 Å². The molecular formula is C11H12AsN2. The minimum absolute atomic E-state index is 0.180. The van der Waals surface area contributed by atoms with Crippen LogP contribution in [-0.4, -0.2) is 15.8 Å². The van der Waals surface area contributed by atoms with Crippen LogP contribution in [0.4, 0.5) is 5.69 Å². The summed E-state index contributed by atoms with van der Waals surface area (Å²) >= 11 is 0.180. The molecule has 0 atom stereocenters. The Balaban J connectivity index is 2.20. The van der Waals surface area contributed by atoms with Gasteiger partial charge in [0.1, 0.15) is 0 Å². The monoisotopic (exact) mass is 247 g/mol. The molecule has 0 saturated heterocycles. The molecule has 0 heterocycles. The van der Waals surface area contributed by atoms with Crippen LogP contribution >= 0.6 is 0 Å². The normalized spacial score (nSPS) is 16.8. The summed E-state index contributed by atoms with van der Waals surface area (Å²) in [4.78, 5) is 0. The average molecular weight is 247 g/mol. The van der Waals surface area contributed by atoms with Gasteiger partial charge in [0.05, 0.1) is 0 Å². The van der Waals surface area contributed by atoms with Crippen molar-refractivity contribution in [2.24, 2.45) is 0 Å². The van der Waals surface area contributed by atoms with Crippen LogP contribution in [0, 0.1) is 11.3 Å². The van der Waals surface area contributed by atoms with Gasteiger partial charge < -0.3 is 0 Å². The Morgan fingerprint density at radius 1 is 1.43 bits per heavy atom. The van der Waals surface area contributed by atoms with E-state index in [2.05, 4.69) is 12.1 Å². The molecule has 1 aromatic rings. The molecule has 0 bridgehead atoms. The molecule has 0 aromatic heterocycles. The Kier molecular flexibility index (Phi) is 2.79. The zero-order valence-electron chi connectivity index (χ0n) is 7.90. The fraction of sp³-hybridized carbons (Fsp3) is 0.364. The standard InChI is InChI=1S/C11H12AsN2/c13-7-8-3-1-6-10(11(8)14)12-9-4-2-5-9/h1,3,6,9H,2,4-5,14H2. The Morgan fingerprint density at radius 2 is 2.21 bits per heavy atom. The van der Waals surface area contributed by atoms with E-state index in [0.29, 0.717) is 5.56 Å². The second-order valence-electron chi connectivity index (χ2n) is 3.56. The second-order valence-corrected chi connectivity index (χ2v) is 6.65. The quantitative estimate of drug-likeness (QED) is 0.635. The van der Waals surface area contributed by atoms with Gasteiger partial charge in [0.25, 0.3) is 0 Å². The second kappa shape index (κ2) is 4.07. The van der Waals surface area contributed by atoms with Gasteiger partial charge in [-0.25, -0.2) is 0 Å². The third-order valence-corrected chi connectivity index (χ3v) is 5.85. The first-order valence-corrected chi connectivity index (χ1v) is 6.83. The minimum atomic E-state index is 0.180. The Hall–Kier alpha value is -0.932. The van der Waals surface area contributed by atoms with E-state index in [1.807, 2.05) is 6.07 Å². The van der Waals surface area contributed by atoms with Crippen LogP contribution in [-0.2, 0) is 0 Å². The molecule has 14 heavy (non-hydrogen) atoms. The van der Waals surface area contributed by atoms with Gasteiger partial charge in [0, 0.05) is 0 Å². The average Bonchev–Trinajstić information content (AvgIpc) is 2.13. The van der Waals surface area contributed by atoms with Crippen LogP contribution in [0.5, 0.6) is 0 Å². The van der Waals surface area contributed by atoms with Crippen LogP contribution in [0.2, 0.25) is 4.71 Å². The molecule has 2 N–H and O–H groups in total. The molecule has 1 fully saturated rings. The molecule has 1 radical (unpaired) electrons. The molecule has 3 heteroatoms. The van der Waals surface area contributed by atoms with E-state index in [9.17, 15) is 0 Å². The van der Waals surface area contributed by atoms with Crippen LogP contribution in [0.1, 0.15) is 24.8 Å². The van der Waals surface area contributed by atoms with Crippen molar-refractivity contribution in [3.63, 3.8) is 0 Å². The SMILES string of the molecule is N#Cc1cccc([As]C2CCC2)c1N. The van der Waals surface area contributed by atoms with E-state index in [-0.39, 0.29) is 15.8 Å². The van der Waals surface area contributed by atoms with E-state index in [1.54, 1.807) is 6.07 Å². The van der Waals surface area contributed by atoms with Crippen molar-refractivity contribution in [3.8, 4) is 6.07 Å². The van der Waals surface area contributed by atoms with Crippen molar-refractivity contribution in [1.82, 2.24) is 0 Å². The number of hydrogen-bond acceptors (Lipinski definition) is 2. The van der Waals surface area contributed by atoms with Gasteiger partial charge in [-0.15, -0.1) is 0 Å². The maximum absolute atomic E-state index is 8.83. The fourth-order valence-corrected chi connectivity index (χ4v) is 4.51. The first-order valence-electron chi connectivity index (χ1n) is 4.80. The van der Waals surface area contributed by atoms with Gasteiger partial charge in [-0.3, -0.25) is 0 Å². The molecule has 1 saturated carbocycles. The number of rotatable bonds is 2. The van der Waals surface area contributed by atoms with Crippen molar-refractivity contribution < 1.29 is 0 Å². The molecule has 0 aliphatic heterocycles. The zero-order chi connectivity index (χ0) is 9.97. The van der Waals surface area contributed by atoms with Gasteiger partial charge >= 0.3 is 90.6 Å². The first kappa shape index (κ1) is 9.62. The number of nitrogen functional groups attached to an aromatic ring is 1. The first-order chi connectivity index (χ1) is 6.81. The molecule has 71 valence electrons. The van der Waals surface area contributed by atoms with Gasteiger partial charge in [-0.05, 0) is 0 Å². The van der Waals surface area contributed by atoms with Gasteiger partial charge in [-0.2, -0.15) is 0 Å². The molecule has 0 amide bonds. The van der Waals surface area contributed by atoms with Gasteiger partial charge in [-0.1, -0.05) is 0 Å². The summed E-state index contributed by atoms with van der Waals surface area (Å²) in [5.41, 5.74) is 7.28. The molecular weight excluding hydrogens is 235 g/mol. The summed E-state index contributed by atoms with van der Waals surface area (Å²) in [5.74, 6) is 0. The Bertz CT molecular complexity index is 377. The van der Waals surface area contributed by atoms with E-state index in [1.165, 1.54) is 23.6 Å². The fourth-order valence-electron chi connectivity index (χ4n) is 1.48. The van der Waals surface area contributed by atoms with Crippen LogP contribution in [0.3, 0.4) is 0 Å². The molecule has 1 aromatic carbocycles. The summed E-state index contributed by atoms with van der Waals surface area (Å²) in [5, 5.41) is 8.83. The van der Waals surface area contributed by atoms with Crippen molar-refractivity contribution in [2.75, 3.05) is 5.73 Å². The molecule has 2 nitrogen and oxygen atoms in total. The molecule has 1 aliphatic rings. The number of hydrogen-bond donors (Lipinski definition) is 1. The predicted octanol–water partition coefficient (Wildman–Crippen LogP) is 1.44. The molecule has 0 spiro atoms. The topological polar surface area (TPSA) is 49.8 Å². The summed E-state index contributed by atoms with van der Waals surface area (Å²) in [6.07, 6.45) is 4.09. The number of anilines is 1. The third-order valence-electron chi connectivity index (χ3n) is 2.60. The van der Waals surface area contributed by atoms with Crippen LogP contribution < -0.4 is 10.1 Å².